The molecule has 1 aromatic heterocycles. The summed E-state index contributed by atoms with van der Waals surface area (Å²) in [7, 11) is 0. The maximum Gasteiger partial charge on any atom is 0.218 e. The monoisotopic (exact) mass is 232 g/mol. The van der Waals surface area contributed by atoms with E-state index in [1.54, 1.807) is 0 Å². The highest BCUT2D eigenvalue weighted by atomic mass is 32.2. The van der Waals surface area contributed by atoms with Crippen molar-refractivity contribution in [3.05, 3.63) is 0 Å². The second-order valence-electron chi connectivity index (χ2n) is 2.47. The number of anilines is 1. The molecule has 1 amide bonds. The maximum absolute atomic E-state index is 10.5. The van der Waals surface area contributed by atoms with Crippen LogP contribution in [0.2, 0.25) is 0 Å². The summed E-state index contributed by atoms with van der Waals surface area (Å²) in [5.41, 5.74) is 5.01. The van der Waals surface area contributed by atoms with Crippen LogP contribution in [0.15, 0.2) is 4.34 Å². The highest BCUT2D eigenvalue weighted by Gasteiger charge is 2.04. The van der Waals surface area contributed by atoms with E-state index in [9.17, 15) is 4.79 Å². The standard InChI is InChI=1S/C7H12N4OS2/c1-2-9-6-10-11-7(14-6)13-4-3-5(8)12/h2-4H2,1H3,(H2,8,12)(H,9,10). The molecule has 1 heterocycles. The molecule has 0 aliphatic carbocycles. The minimum absolute atomic E-state index is 0.283. The Morgan fingerprint density at radius 1 is 1.64 bits per heavy atom. The quantitative estimate of drug-likeness (QED) is 0.713. The van der Waals surface area contributed by atoms with Crippen LogP contribution in [0.5, 0.6) is 0 Å². The van der Waals surface area contributed by atoms with Gasteiger partial charge in [0, 0.05) is 18.7 Å². The molecule has 0 bridgehead atoms. The SMILES string of the molecule is CCNc1nnc(SCCC(N)=O)s1. The van der Waals surface area contributed by atoms with Crippen LogP contribution in [0.1, 0.15) is 13.3 Å². The van der Waals surface area contributed by atoms with Crippen LogP contribution in [-0.4, -0.2) is 28.4 Å². The van der Waals surface area contributed by atoms with Crippen LogP contribution >= 0.6 is 23.1 Å². The van der Waals surface area contributed by atoms with E-state index in [2.05, 4.69) is 15.5 Å². The maximum atomic E-state index is 10.5. The van der Waals surface area contributed by atoms with Gasteiger partial charge in [-0.05, 0) is 6.92 Å². The molecule has 3 N–H and O–H groups in total. The fraction of sp³-hybridized carbons (Fsp3) is 0.571. The largest absolute Gasteiger partial charge is 0.370 e. The summed E-state index contributed by atoms with van der Waals surface area (Å²) in [5, 5.41) is 11.8. The summed E-state index contributed by atoms with van der Waals surface area (Å²) in [6.07, 6.45) is 0.376. The van der Waals surface area contributed by atoms with Gasteiger partial charge in [0.15, 0.2) is 4.34 Å². The minimum atomic E-state index is -0.283. The predicted molar refractivity (Wildman–Crippen MR) is 58.6 cm³/mol. The Morgan fingerprint density at radius 2 is 2.43 bits per heavy atom. The van der Waals surface area contributed by atoms with Gasteiger partial charge in [-0.15, -0.1) is 10.2 Å². The van der Waals surface area contributed by atoms with E-state index in [1.807, 2.05) is 6.92 Å². The van der Waals surface area contributed by atoms with E-state index in [-0.39, 0.29) is 5.91 Å². The molecule has 0 fully saturated rings. The summed E-state index contributed by atoms with van der Waals surface area (Å²) in [6, 6.07) is 0. The number of amides is 1. The minimum Gasteiger partial charge on any atom is -0.370 e. The fourth-order valence-corrected chi connectivity index (χ4v) is 2.57. The lowest BCUT2D eigenvalue weighted by Crippen LogP contribution is -2.10. The topological polar surface area (TPSA) is 80.9 Å². The number of hydrogen-bond acceptors (Lipinski definition) is 6. The Morgan fingerprint density at radius 3 is 3.07 bits per heavy atom. The lowest BCUT2D eigenvalue weighted by molar-refractivity contribution is -0.117. The Balaban J connectivity index is 2.32. The number of nitrogens with zero attached hydrogens (tertiary/aromatic N) is 2. The van der Waals surface area contributed by atoms with Crippen molar-refractivity contribution in [1.82, 2.24) is 10.2 Å². The van der Waals surface area contributed by atoms with Crippen LogP contribution in [-0.2, 0) is 4.79 Å². The number of carbonyl (C=O) groups is 1. The van der Waals surface area contributed by atoms with E-state index in [4.69, 9.17) is 5.73 Å². The van der Waals surface area contributed by atoms with Crippen LogP contribution in [0, 0.1) is 0 Å². The van der Waals surface area contributed by atoms with Crippen molar-refractivity contribution in [2.24, 2.45) is 5.73 Å². The van der Waals surface area contributed by atoms with Crippen molar-refractivity contribution in [3.8, 4) is 0 Å². The first-order valence-electron chi connectivity index (χ1n) is 4.21. The number of nitrogens with one attached hydrogen (secondary N) is 1. The highest BCUT2D eigenvalue weighted by molar-refractivity contribution is 8.01. The zero-order chi connectivity index (χ0) is 10.4. The number of carbonyl (C=O) groups excluding carboxylic acids is 1. The average Bonchev–Trinajstić information content (AvgIpc) is 2.53. The van der Waals surface area contributed by atoms with E-state index < -0.39 is 0 Å². The molecule has 5 nitrogen and oxygen atoms in total. The zero-order valence-corrected chi connectivity index (χ0v) is 9.45. The van der Waals surface area contributed by atoms with Gasteiger partial charge < -0.3 is 11.1 Å². The molecule has 78 valence electrons. The normalized spacial score (nSPS) is 10.1. The second-order valence-corrected chi connectivity index (χ2v) is 4.79. The summed E-state index contributed by atoms with van der Waals surface area (Å²) in [4.78, 5) is 10.5. The van der Waals surface area contributed by atoms with E-state index in [1.165, 1.54) is 23.1 Å². The summed E-state index contributed by atoms with van der Waals surface area (Å²) in [6.45, 7) is 2.84. The van der Waals surface area contributed by atoms with E-state index in [0.29, 0.717) is 12.2 Å². The molecule has 0 aliphatic rings. The third-order valence-corrected chi connectivity index (χ3v) is 3.32. The van der Waals surface area contributed by atoms with Crippen LogP contribution in [0.25, 0.3) is 0 Å². The molecular weight excluding hydrogens is 220 g/mol. The first-order valence-corrected chi connectivity index (χ1v) is 6.01. The van der Waals surface area contributed by atoms with E-state index >= 15 is 0 Å². The first kappa shape index (κ1) is 11.3. The molecule has 1 rings (SSSR count). The molecule has 14 heavy (non-hydrogen) atoms. The van der Waals surface area contributed by atoms with Crippen LogP contribution < -0.4 is 11.1 Å². The van der Waals surface area contributed by atoms with E-state index in [0.717, 1.165) is 16.0 Å². The predicted octanol–water partition coefficient (Wildman–Crippen LogP) is 0.937. The molecule has 1 aromatic rings. The number of nitrogens with two attached hydrogens (primary N) is 1. The Bertz CT molecular complexity index is 302. The zero-order valence-electron chi connectivity index (χ0n) is 7.82. The molecule has 0 radical (unpaired) electrons. The van der Waals surface area contributed by atoms with Crippen molar-refractivity contribution < 1.29 is 4.79 Å². The van der Waals surface area contributed by atoms with Crippen LogP contribution in [0.4, 0.5) is 5.13 Å². The smallest absolute Gasteiger partial charge is 0.218 e. The third-order valence-electron chi connectivity index (χ3n) is 1.31. The summed E-state index contributed by atoms with van der Waals surface area (Å²) in [5.74, 6) is 0.379. The average molecular weight is 232 g/mol. The van der Waals surface area contributed by atoms with Gasteiger partial charge in [0.2, 0.25) is 11.0 Å². The Kier molecular flexibility index (Phi) is 4.68. The lowest BCUT2D eigenvalue weighted by Gasteiger charge is -1.93. The molecular formula is C7H12N4OS2. The second kappa shape index (κ2) is 5.82. The van der Waals surface area contributed by atoms with Gasteiger partial charge in [-0.1, -0.05) is 23.1 Å². The number of rotatable bonds is 6. The summed E-state index contributed by atoms with van der Waals surface area (Å²) < 4.78 is 0.863. The van der Waals surface area contributed by atoms with Gasteiger partial charge in [-0.2, -0.15) is 0 Å². The van der Waals surface area contributed by atoms with Gasteiger partial charge in [0.25, 0.3) is 0 Å². The molecule has 7 heteroatoms. The first-order chi connectivity index (χ1) is 6.72. The molecule has 0 unspecified atom stereocenters. The number of aromatic nitrogens is 2. The summed E-state index contributed by atoms with van der Waals surface area (Å²) >= 11 is 2.99. The molecule has 0 saturated heterocycles. The van der Waals surface area contributed by atoms with Crippen molar-refractivity contribution in [3.63, 3.8) is 0 Å². The molecule has 0 aliphatic heterocycles. The third kappa shape index (κ3) is 3.93. The molecule has 0 aromatic carbocycles. The van der Waals surface area contributed by atoms with Gasteiger partial charge in [-0.3, -0.25) is 4.79 Å². The molecule has 0 spiro atoms. The number of primary amides is 1. The van der Waals surface area contributed by atoms with Gasteiger partial charge in [-0.25, -0.2) is 0 Å². The van der Waals surface area contributed by atoms with Crippen molar-refractivity contribution in [2.75, 3.05) is 17.6 Å². The highest BCUT2D eigenvalue weighted by Crippen LogP contribution is 2.25. The fourth-order valence-electron chi connectivity index (χ4n) is 0.730. The Hall–Kier alpha value is -0.820. The van der Waals surface area contributed by atoms with Gasteiger partial charge in [0.1, 0.15) is 0 Å². The van der Waals surface area contributed by atoms with Gasteiger partial charge in [0.05, 0.1) is 0 Å². The van der Waals surface area contributed by atoms with Crippen molar-refractivity contribution in [1.29, 1.82) is 0 Å². The van der Waals surface area contributed by atoms with Crippen molar-refractivity contribution >= 4 is 34.1 Å². The molecule has 0 atom stereocenters. The molecule has 0 saturated carbocycles. The lowest BCUT2D eigenvalue weighted by atomic mass is 10.5. The number of hydrogen-bond donors (Lipinski definition) is 2. The number of thioether (sulfide) groups is 1. The Labute approximate surface area is 90.5 Å². The van der Waals surface area contributed by atoms with Crippen molar-refractivity contribution in [2.45, 2.75) is 17.7 Å². The van der Waals surface area contributed by atoms with Crippen LogP contribution in [0.3, 0.4) is 0 Å². The van der Waals surface area contributed by atoms with Gasteiger partial charge >= 0.3 is 0 Å².